The molecule has 18 heavy (non-hydrogen) atoms. The monoisotopic (exact) mass is 276 g/mol. The van der Waals surface area contributed by atoms with Crippen molar-refractivity contribution < 1.29 is 0 Å². The summed E-state index contributed by atoms with van der Waals surface area (Å²) in [6.07, 6.45) is 0. The topological polar surface area (TPSA) is 17.8 Å². The molecular weight excluding hydrogens is 264 g/mol. The Morgan fingerprint density at radius 2 is 2.11 bits per heavy atom. The fourth-order valence-electron chi connectivity index (χ4n) is 2.17. The number of nitrogens with zero attached hydrogens (tertiary/aromatic N) is 2. The zero-order valence-corrected chi connectivity index (χ0v) is 11.8. The van der Waals surface area contributed by atoms with Crippen LogP contribution in [0.4, 0.5) is 0 Å². The number of thiophene rings is 1. The molecule has 0 spiro atoms. The Labute approximate surface area is 115 Å². The molecule has 0 amide bonds. The van der Waals surface area contributed by atoms with E-state index >= 15 is 0 Å². The summed E-state index contributed by atoms with van der Waals surface area (Å²) in [7, 11) is 0. The maximum atomic E-state index is 6.07. The van der Waals surface area contributed by atoms with Crippen LogP contribution in [-0.2, 0) is 6.54 Å². The van der Waals surface area contributed by atoms with Gasteiger partial charge in [-0.3, -0.25) is 4.68 Å². The van der Waals surface area contributed by atoms with E-state index in [4.69, 9.17) is 11.6 Å². The van der Waals surface area contributed by atoms with Crippen LogP contribution in [0, 0.1) is 13.8 Å². The molecule has 2 heterocycles. The van der Waals surface area contributed by atoms with Gasteiger partial charge in [-0.25, -0.2) is 0 Å². The van der Waals surface area contributed by atoms with E-state index in [1.807, 2.05) is 23.7 Å². The van der Waals surface area contributed by atoms with Gasteiger partial charge in [0.2, 0.25) is 0 Å². The second-order valence-electron chi connectivity index (χ2n) is 4.49. The van der Waals surface area contributed by atoms with Crippen LogP contribution < -0.4 is 0 Å². The lowest BCUT2D eigenvalue weighted by Crippen LogP contribution is -2.03. The van der Waals surface area contributed by atoms with Gasteiger partial charge in [-0.2, -0.15) is 5.10 Å². The van der Waals surface area contributed by atoms with E-state index in [0.29, 0.717) is 0 Å². The minimum Gasteiger partial charge on any atom is -0.265 e. The first kappa shape index (κ1) is 11.8. The Kier molecular flexibility index (Phi) is 2.88. The SMILES string of the molecule is Cc1cc(C)n(Cc2csc3ccc(Cl)cc23)n1. The van der Waals surface area contributed by atoms with Crippen molar-refractivity contribution in [1.82, 2.24) is 9.78 Å². The number of aromatic nitrogens is 2. The molecule has 3 rings (SSSR count). The van der Waals surface area contributed by atoms with Gasteiger partial charge in [-0.15, -0.1) is 11.3 Å². The Hall–Kier alpha value is -1.32. The lowest BCUT2D eigenvalue weighted by molar-refractivity contribution is 0.663. The molecule has 0 saturated heterocycles. The highest BCUT2D eigenvalue weighted by molar-refractivity contribution is 7.17. The average Bonchev–Trinajstić information content (AvgIpc) is 2.84. The Morgan fingerprint density at radius 1 is 1.28 bits per heavy atom. The van der Waals surface area contributed by atoms with Gasteiger partial charge in [-0.05, 0) is 54.4 Å². The smallest absolute Gasteiger partial charge is 0.0676 e. The highest BCUT2D eigenvalue weighted by atomic mass is 35.5. The summed E-state index contributed by atoms with van der Waals surface area (Å²) < 4.78 is 3.31. The van der Waals surface area contributed by atoms with Gasteiger partial charge in [0, 0.05) is 15.4 Å². The molecule has 3 aromatic rings. The van der Waals surface area contributed by atoms with Crippen molar-refractivity contribution in [2.24, 2.45) is 0 Å². The number of benzene rings is 1. The van der Waals surface area contributed by atoms with Gasteiger partial charge in [0.15, 0.2) is 0 Å². The Balaban J connectivity index is 2.05. The molecule has 0 unspecified atom stereocenters. The molecule has 4 heteroatoms. The molecular formula is C14H13ClN2S. The predicted octanol–water partition coefficient (Wildman–Crippen LogP) is 4.42. The van der Waals surface area contributed by atoms with Crippen LogP contribution in [-0.4, -0.2) is 9.78 Å². The van der Waals surface area contributed by atoms with Gasteiger partial charge in [0.05, 0.1) is 12.2 Å². The third-order valence-corrected chi connectivity index (χ3v) is 4.29. The van der Waals surface area contributed by atoms with Crippen LogP contribution in [0.2, 0.25) is 5.02 Å². The maximum absolute atomic E-state index is 6.07. The normalized spacial score (nSPS) is 11.3. The number of fused-ring (bicyclic) bond motifs is 1. The zero-order chi connectivity index (χ0) is 12.7. The second-order valence-corrected chi connectivity index (χ2v) is 5.83. The first-order valence-electron chi connectivity index (χ1n) is 5.80. The van der Waals surface area contributed by atoms with Crippen molar-refractivity contribution in [2.75, 3.05) is 0 Å². The van der Waals surface area contributed by atoms with Gasteiger partial charge in [-0.1, -0.05) is 11.6 Å². The molecule has 92 valence electrons. The molecule has 0 atom stereocenters. The van der Waals surface area contributed by atoms with Crippen molar-refractivity contribution in [1.29, 1.82) is 0 Å². The molecule has 2 nitrogen and oxygen atoms in total. The minimum absolute atomic E-state index is 0.788. The van der Waals surface area contributed by atoms with Gasteiger partial charge in [0.1, 0.15) is 0 Å². The molecule has 0 radical (unpaired) electrons. The number of halogens is 1. The number of hydrogen-bond acceptors (Lipinski definition) is 2. The minimum atomic E-state index is 0.788. The molecule has 0 aliphatic heterocycles. The van der Waals surface area contributed by atoms with Crippen molar-refractivity contribution in [3.05, 3.63) is 51.6 Å². The first-order chi connectivity index (χ1) is 8.63. The van der Waals surface area contributed by atoms with Crippen molar-refractivity contribution in [3.63, 3.8) is 0 Å². The number of hydrogen-bond donors (Lipinski definition) is 0. The quantitative estimate of drug-likeness (QED) is 0.678. The molecule has 1 aromatic carbocycles. The summed E-state index contributed by atoms with van der Waals surface area (Å²) in [6, 6.07) is 8.15. The maximum Gasteiger partial charge on any atom is 0.0676 e. The van der Waals surface area contributed by atoms with E-state index in [1.165, 1.54) is 21.3 Å². The first-order valence-corrected chi connectivity index (χ1v) is 7.06. The fourth-order valence-corrected chi connectivity index (χ4v) is 3.28. The largest absolute Gasteiger partial charge is 0.265 e. The van der Waals surface area contributed by atoms with Crippen LogP contribution in [0.3, 0.4) is 0 Å². The van der Waals surface area contributed by atoms with E-state index in [1.54, 1.807) is 11.3 Å². The number of aryl methyl sites for hydroxylation is 2. The molecule has 0 bridgehead atoms. The van der Waals surface area contributed by atoms with Gasteiger partial charge >= 0.3 is 0 Å². The molecule has 0 saturated carbocycles. The van der Waals surface area contributed by atoms with E-state index in [9.17, 15) is 0 Å². The van der Waals surface area contributed by atoms with Crippen molar-refractivity contribution in [2.45, 2.75) is 20.4 Å². The molecule has 2 aromatic heterocycles. The van der Waals surface area contributed by atoms with Gasteiger partial charge in [0.25, 0.3) is 0 Å². The van der Waals surface area contributed by atoms with Crippen molar-refractivity contribution in [3.8, 4) is 0 Å². The summed E-state index contributed by atoms with van der Waals surface area (Å²) in [5.41, 5.74) is 3.53. The highest BCUT2D eigenvalue weighted by Crippen LogP contribution is 2.29. The predicted molar refractivity (Wildman–Crippen MR) is 77.6 cm³/mol. The Morgan fingerprint density at radius 3 is 2.83 bits per heavy atom. The third kappa shape index (κ3) is 2.04. The van der Waals surface area contributed by atoms with Crippen molar-refractivity contribution >= 4 is 33.0 Å². The van der Waals surface area contributed by atoms with Crippen LogP contribution >= 0.6 is 22.9 Å². The van der Waals surface area contributed by atoms with Crippen LogP contribution in [0.1, 0.15) is 17.0 Å². The van der Waals surface area contributed by atoms with E-state index in [-0.39, 0.29) is 0 Å². The fraction of sp³-hybridized carbons (Fsp3) is 0.214. The lowest BCUT2D eigenvalue weighted by atomic mass is 10.2. The van der Waals surface area contributed by atoms with E-state index < -0.39 is 0 Å². The second kappa shape index (κ2) is 4.41. The molecule has 0 fully saturated rings. The summed E-state index contributed by atoms with van der Waals surface area (Å²) in [5.74, 6) is 0. The van der Waals surface area contributed by atoms with Crippen LogP contribution in [0.25, 0.3) is 10.1 Å². The average molecular weight is 277 g/mol. The van der Waals surface area contributed by atoms with E-state index in [2.05, 4.69) is 29.5 Å². The molecule has 0 N–H and O–H groups in total. The molecule has 0 aliphatic rings. The molecule has 0 aliphatic carbocycles. The van der Waals surface area contributed by atoms with Crippen LogP contribution in [0.15, 0.2) is 29.6 Å². The third-order valence-electron chi connectivity index (χ3n) is 3.04. The standard InChI is InChI=1S/C14H13ClN2S/c1-9-5-10(2)17(16-9)7-11-8-18-14-4-3-12(15)6-13(11)14/h3-6,8H,7H2,1-2H3. The lowest BCUT2D eigenvalue weighted by Gasteiger charge is -2.03. The van der Waals surface area contributed by atoms with Gasteiger partial charge < -0.3 is 0 Å². The zero-order valence-electron chi connectivity index (χ0n) is 10.3. The van der Waals surface area contributed by atoms with E-state index in [0.717, 1.165) is 17.3 Å². The van der Waals surface area contributed by atoms with Crippen LogP contribution in [0.5, 0.6) is 0 Å². The highest BCUT2D eigenvalue weighted by Gasteiger charge is 2.07. The summed E-state index contributed by atoms with van der Waals surface area (Å²) in [5, 5.41) is 8.72. The summed E-state index contributed by atoms with van der Waals surface area (Å²) in [4.78, 5) is 0. The number of rotatable bonds is 2. The summed E-state index contributed by atoms with van der Waals surface area (Å²) >= 11 is 7.82. The summed E-state index contributed by atoms with van der Waals surface area (Å²) in [6.45, 7) is 4.91. The Bertz CT molecular complexity index is 712.